The number of carboxylic acid groups (broad SMARTS) is 1. The van der Waals surface area contributed by atoms with Gasteiger partial charge in [-0.1, -0.05) is 42.8 Å². The van der Waals surface area contributed by atoms with E-state index in [4.69, 9.17) is 4.74 Å². The van der Waals surface area contributed by atoms with E-state index in [9.17, 15) is 23.5 Å². The van der Waals surface area contributed by atoms with Crippen LogP contribution in [0.5, 0.6) is 0 Å². The Bertz CT molecular complexity index is 1080. The molecule has 2 aromatic carbocycles. The van der Waals surface area contributed by atoms with Crippen LogP contribution in [-0.2, 0) is 14.9 Å². The van der Waals surface area contributed by atoms with Crippen LogP contribution in [0.15, 0.2) is 48.5 Å². The predicted molar refractivity (Wildman–Crippen MR) is 132 cm³/mol. The standard InChI is InChI=1S/C28H34F2N2O4/c1-27(2)24(20-11-12-22(29)23(30)19-20)32(26(35)36-27)16-8-4-7-15-31-17-13-28(14-18-31,25(33)34)21-9-5-3-6-10-21/h3,5-6,9-12,19,24H,4,7-8,13-18H2,1-2H3,(H,33,34). The molecule has 1 unspecified atom stereocenters. The van der Waals surface area contributed by atoms with Gasteiger partial charge in [0.05, 0.1) is 11.5 Å². The molecule has 2 heterocycles. The molecule has 0 aromatic heterocycles. The molecule has 6 nitrogen and oxygen atoms in total. The Morgan fingerprint density at radius 2 is 1.67 bits per heavy atom. The second kappa shape index (κ2) is 10.5. The van der Waals surface area contributed by atoms with E-state index in [1.165, 1.54) is 6.07 Å². The molecule has 0 aliphatic carbocycles. The van der Waals surface area contributed by atoms with Crippen molar-refractivity contribution < 1.29 is 28.2 Å². The van der Waals surface area contributed by atoms with Crippen LogP contribution in [0.4, 0.5) is 13.6 Å². The van der Waals surface area contributed by atoms with Gasteiger partial charge < -0.3 is 14.7 Å². The molecule has 2 fully saturated rings. The van der Waals surface area contributed by atoms with Crippen molar-refractivity contribution in [1.29, 1.82) is 0 Å². The molecule has 2 aliphatic heterocycles. The Morgan fingerprint density at radius 3 is 2.31 bits per heavy atom. The van der Waals surface area contributed by atoms with E-state index in [1.54, 1.807) is 18.7 Å². The smallest absolute Gasteiger partial charge is 0.411 e. The number of piperidine rings is 1. The lowest BCUT2D eigenvalue weighted by Crippen LogP contribution is -2.47. The summed E-state index contributed by atoms with van der Waals surface area (Å²) < 4.78 is 32.9. The van der Waals surface area contributed by atoms with Crippen LogP contribution in [0.3, 0.4) is 0 Å². The average molecular weight is 501 g/mol. The molecular weight excluding hydrogens is 466 g/mol. The lowest BCUT2D eigenvalue weighted by molar-refractivity contribution is -0.146. The number of cyclic esters (lactones) is 1. The van der Waals surface area contributed by atoms with Crippen LogP contribution in [0.25, 0.3) is 0 Å². The van der Waals surface area contributed by atoms with Crippen molar-refractivity contribution in [3.05, 3.63) is 71.3 Å². The third-order valence-electron chi connectivity index (χ3n) is 7.63. The Hall–Kier alpha value is -3.00. The number of carbonyl (C=O) groups excluding carboxylic acids is 1. The SMILES string of the molecule is CC1(C)OC(=O)N(CCCCCN2CCC(C(=O)O)(c3ccccc3)CC2)C1c1ccc(F)c(F)c1. The number of rotatable bonds is 9. The van der Waals surface area contributed by atoms with E-state index in [1.807, 2.05) is 30.3 Å². The van der Waals surface area contributed by atoms with Gasteiger partial charge >= 0.3 is 12.1 Å². The molecular formula is C28H34F2N2O4. The summed E-state index contributed by atoms with van der Waals surface area (Å²) >= 11 is 0. The molecule has 0 radical (unpaired) electrons. The molecule has 1 amide bonds. The minimum atomic E-state index is -0.941. The maximum atomic E-state index is 13.9. The van der Waals surface area contributed by atoms with Gasteiger partial charge in [-0.2, -0.15) is 0 Å². The van der Waals surface area contributed by atoms with Crippen LogP contribution in [0, 0.1) is 11.6 Å². The zero-order chi connectivity index (χ0) is 25.9. The lowest BCUT2D eigenvalue weighted by atomic mass is 9.73. The summed E-state index contributed by atoms with van der Waals surface area (Å²) in [6.45, 7) is 6.34. The Morgan fingerprint density at radius 1 is 1.00 bits per heavy atom. The number of nitrogens with zero attached hydrogens (tertiary/aromatic N) is 2. The minimum Gasteiger partial charge on any atom is -0.481 e. The third kappa shape index (κ3) is 5.24. The van der Waals surface area contributed by atoms with Crippen LogP contribution in [-0.4, -0.2) is 58.7 Å². The zero-order valence-corrected chi connectivity index (χ0v) is 20.9. The van der Waals surface area contributed by atoms with Crippen LogP contribution in [0.1, 0.15) is 63.1 Å². The topological polar surface area (TPSA) is 70.1 Å². The highest BCUT2D eigenvalue weighted by Gasteiger charge is 2.48. The molecule has 0 bridgehead atoms. The molecule has 2 saturated heterocycles. The first-order chi connectivity index (χ1) is 17.1. The van der Waals surface area contributed by atoms with Gasteiger partial charge in [-0.25, -0.2) is 13.6 Å². The summed E-state index contributed by atoms with van der Waals surface area (Å²) in [4.78, 5) is 28.6. The zero-order valence-electron chi connectivity index (χ0n) is 20.9. The molecule has 8 heteroatoms. The number of likely N-dealkylation sites (tertiary alicyclic amines) is 1. The molecule has 194 valence electrons. The van der Waals surface area contributed by atoms with Crippen molar-refractivity contribution in [1.82, 2.24) is 9.80 Å². The van der Waals surface area contributed by atoms with Gasteiger partial charge in [-0.15, -0.1) is 0 Å². The largest absolute Gasteiger partial charge is 0.481 e. The first kappa shape index (κ1) is 26.1. The number of unbranched alkanes of at least 4 members (excludes halogenated alkanes) is 2. The van der Waals surface area contributed by atoms with Gasteiger partial charge in [-0.05, 0) is 82.4 Å². The van der Waals surface area contributed by atoms with Gasteiger partial charge in [0.25, 0.3) is 0 Å². The molecule has 36 heavy (non-hydrogen) atoms. The monoisotopic (exact) mass is 500 g/mol. The highest BCUT2D eigenvalue weighted by Crippen LogP contribution is 2.41. The molecule has 0 saturated carbocycles. The fraction of sp³-hybridized carbons (Fsp3) is 0.500. The minimum absolute atomic E-state index is 0.448. The summed E-state index contributed by atoms with van der Waals surface area (Å²) in [5, 5.41) is 9.97. The van der Waals surface area contributed by atoms with Gasteiger partial charge in [0.1, 0.15) is 5.60 Å². The summed E-state index contributed by atoms with van der Waals surface area (Å²) in [6.07, 6.45) is 3.27. The molecule has 1 atom stereocenters. The summed E-state index contributed by atoms with van der Waals surface area (Å²) in [5.41, 5.74) is -0.299. The number of carboxylic acids is 1. The van der Waals surface area contributed by atoms with E-state index in [-0.39, 0.29) is 0 Å². The fourth-order valence-electron chi connectivity index (χ4n) is 5.64. The van der Waals surface area contributed by atoms with Crippen molar-refractivity contribution in [2.45, 2.75) is 63.0 Å². The molecule has 4 rings (SSSR count). The quantitative estimate of drug-likeness (QED) is 0.459. The van der Waals surface area contributed by atoms with E-state index in [0.717, 1.165) is 56.6 Å². The summed E-state index contributed by atoms with van der Waals surface area (Å²) in [5.74, 6) is -2.62. The average Bonchev–Trinajstić information content (AvgIpc) is 3.08. The first-order valence-electron chi connectivity index (χ1n) is 12.6. The number of aliphatic carboxylic acids is 1. The van der Waals surface area contributed by atoms with E-state index < -0.39 is 40.8 Å². The van der Waals surface area contributed by atoms with Crippen molar-refractivity contribution in [2.75, 3.05) is 26.2 Å². The van der Waals surface area contributed by atoms with Crippen molar-refractivity contribution >= 4 is 12.1 Å². The van der Waals surface area contributed by atoms with Crippen molar-refractivity contribution in [2.24, 2.45) is 0 Å². The Kier molecular flexibility index (Phi) is 7.64. The van der Waals surface area contributed by atoms with Crippen LogP contribution >= 0.6 is 0 Å². The number of carbonyl (C=O) groups is 2. The Balaban J connectivity index is 1.27. The maximum Gasteiger partial charge on any atom is 0.411 e. The third-order valence-corrected chi connectivity index (χ3v) is 7.63. The van der Waals surface area contributed by atoms with Crippen molar-refractivity contribution in [3.8, 4) is 0 Å². The van der Waals surface area contributed by atoms with Crippen LogP contribution in [0.2, 0.25) is 0 Å². The summed E-state index contributed by atoms with van der Waals surface area (Å²) in [6, 6.07) is 12.7. The highest BCUT2D eigenvalue weighted by atomic mass is 19.2. The predicted octanol–water partition coefficient (Wildman–Crippen LogP) is 5.53. The van der Waals surface area contributed by atoms with Gasteiger partial charge in [0.2, 0.25) is 0 Å². The normalized spacial score (nSPS) is 21.4. The molecule has 1 N–H and O–H groups in total. The maximum absolute atomic E-state index is 13.9. The van der Waals surface area contributed by atoms with Gasteiger partial charge in [-0.3, -0.25) is 9.69 Å². The molecule has 2 aromatic rings. The molecule has 0 spiro atoms. The van der Waals surface area contributed by atoms with Crippen molar-refractivity contribution in [3.63, 3.8) is 0 Å². The van der Waals surface area contributed by atoms with E-state index in [2.05, 4.69) is 4.90 Å². The highest BCUT2D eigenvalue weighted by molar-refractivity contribution is 5.81. The number of halogens is 2. The number of amides is 1. The number of hydrogen-bond acceptors (Lipinski definition) is 4. The number of benzene rings is 2. The Labute approximate surface area is 210 Å². The van der Waals surface area contributed by atoms with E-state index >= 15 is 0 Å². The number of ether oxygens (including phenoxy) is 1. The van der Waals surface area contributed by atoms with Gasteiger partial charge in [0.15, 0.2) is 11.6 Å². The lowest BCUT2D eigenvalue weighted by Gasteiger charge is -2.39. The van der Waals surface area contributed by atoms with Crippen LogP contribution < -0.4 is 0 Å². The second-order valence-corrected chi connectivity index (χ2v) is 10.4. The summed E-state index contributed by atoms with van der Waals surface area (Å²) in [7, 11) is 0. The van der Waals surface area contributed by atoms with Gasteiger partial charge in [0, 0.05) is 6.54 Å². The fourth-order valence-corrected chi connectivity index (χ4v) is 5.64. The number of hydrogen-bond donors (Lipinski definition) is 1. The first-order valence-corrected chi connectivity index (χ1v) is 12.6. The molecule has 2 aliphatic rings. The second-order valence-electron chi connectivity index (χ2n) is 10.4. The van der Waals surface area contributed by atoms with E-state index in [0.29, 0.717) is 24.9 Å².